The number of aromatic nitrogens is 2. The third kappa shape index (κ3) is 2.40. The van der Waals surface area contributed by atoms with Gasteiger partial charge in [-0.1, -0.05) is 53.2 Å². The van der Waals surface area contributed by atoms with E-state index in [4.69, 9.17) is 4.74 Å². The number of aliphatic hydroxyl groups is 1. The van der Waals surface area contributed by atoms with Gasteiger partial charge in [-0.3, -0.25) is 4.57 Å². The van der Waals surface area contributed by atoms with Gasteiger partial charge in [0.2, 0.25) is 5.88 Å². The van der Waals surface area contributed by atoms with E-state index in [1.165, 1.54) is 7.11 Å². The second-order valence-corrected chi connectivity index (χ2v) is 6.34. The minimum atomic E-state index is -1.22. The average molecular weight is 379 g/mol. The van der Waals surface area contributed by atoms with Crippen LogP contribution in [0.3, 0.4) is 0 Å². The third-order valence-corrected chi connectivity index (χ3v) is 5.20. The first-order valence-corrected chi connectivity index (χ1v) is 8.72. The van der Waals surface area contributed by atoms with Crippen LogP contribution >= 0.6 is 15.9 Å². The third-order valence-electron chi connectivity index (χ3n) is 4.45. The maximum absolute atomic E-state index is 12.5. The van der Waals surface area contributed by atoms with Crippen molar-refractivity contribution < 1.29 is 9.84 Å². The SMILES string of the molecule is CCc1c(OC)nc(=O)n2c1[C@@](O)(c1ccccc1)C[C@@H]2CBr. The van der Waals surface area contributed by atoms with Gasteiger partial charge in [-0.2, -0.15) is 4.98 Å². The number of hydrogen-bond donors (Lipinski definition) is 1. The molecular formula is C17H19BrN2O3. The molecule has 1 aliphatic heterocycles. The Morgan fingerprint density at radius 2 is 2.13 bits per heavy atom. The molecule has 122 valence electrons. The largest absolute Gasteiger partial charge is 0.481 e. The molecule has 0 saturated carbocycles. The molecule has 0 radical (unpaired) electrons. The summed E-state index contributed by atoms with van der Waals surface area (Å²) in [6.45, 7) is 1.97. The van der Waals surface area contributed by atoms with Crippen LogP contribution in [-0.2, 0) is 12.0 Å². The summed E-state index contributed by atoms with van der Waals surface area (Å²) in [7, 11) is 1.50. The van der Waals surface area contributed by atoms with Gasteiger partial charge in [-0.25, -0.2) is 4.79 Å². The number of alkyl halides is 1. The molecule has 6 heteroatoms. The monoisotopic (exact) mass is 378 g/mol. The lowest BCUT2D eigenvalue weighted by Crippen LogP contribution is -2.31. The van der Waals surface area contributed by atoms with Crippen LogP contribution in [0.25, 0.3) is 0 Å². The molecule has 0 spiro atoms. The van der Waals surface area contributed by atoms with Crippen molar-refractivity contribution in [3.05, 3.63) is 57.6 Å². The summed E-state index contributed by atoms with van der Waals surface area (Å²) in [5.41, 5.74) is 0.555. The molecule has 1 aromatic carbocycles. The van der Waals surface area contributed by atoms with Crippen LogP contribution in [0.5, 0.6) is 5.88 Å². The van der Waals surface area contributed by atoms with Crippen molar-refractivity contribution in [3.8, 4) is 5.88 Å². The lowest BCUT2D eigenvalue weighted by molar-refractivity contribution is 0.0776. The van der Waals surface area contributed by atoms with Gasteiger partial charge >= 0.3 is 5.69 Å². The predicted octanol–water partition coefficient (Wildman–Crippen LogP) is 2.39. The first kappa shape index (κ1) is 16.2. The van der Waals surface area contributed by atoms with Crippen LogP contribution in [-0.4, -0.2) is 27.1 Å². The second kappa shape index (κ2) is 6.09. The minimum Gasteiger partial charge on any atom is -0.481 e. The quantitative estimate of drug-likeness (QED) is 0.829. The van der Waals surface area contributed by atoms with Gasteiger partial charge in [0.1, 0.15) is 5.60 Å². The van der Waals surface area contributed by atoms with Crippen molar-refractivity contribution in [3.63, 3.8) is 0 Å². The molecule has 2 heterocycles. The molecule has 1 N–H and O–H groups in total. The van der Waals surface area contributed by atoms with Crippen molar-refractivity contribution in [1.29, 1.82) is 0 Å². The number of ether oxygens (including phenoxy) is 1. The maximum Gasteiger partial charge on any atom is 0.351 e. The van der Waals surface area contributed by atoms with E-state index < -0.39 is 5.60 Å². The van der Waals surface area contributed by atoms with Crippen molar-refractivity contribution >= 4 is 15.9 Å². The van der Waals surface area contributed by atoms with Gasteiger partial charge in [0.15, 0.2) is 0 Å². The highest BCUT2D eigenvalue weighted by Crippen LogP contribution is 2.46. The van der Waals surface area contributed by atoms with Gasteiger partial charge in [-0.05, 0) is 12.0 Å². The summed E-state index contributed by atoms with van der Waals surface area (Å²) < 4.78 is 6.91. The van der Waals surface area contributed by atoms with Crippen molar-refractivity contribution in [2.45, 2.75) is 31.4 Å². The van der Waals surface area contributed by atoms with Crippen LogP contribution < -0.4 is 10.4 Å². The van der Waals surface area contributed by atoms with E-state index in [0.29, 0.717) is 29.7 Å². The Balaban J connectivity index is 2.35. The fraction of sp³-hybridized carbons (Fsp3) is 0.412. The molecule has 0 amide bonds. The first-order valence-electron chi connectivity index (χ1n) is 7.60. The molecule has 1 aliphatic rings. The predicted molar refractivity (Wildman–Crippen MR) is 91.3 cm³/mol. The molecule has 2 atom stereocenters. The zero-order chi connectivity index (χ0) is 16.6. The Labute approximate surface area is 143 Å². The fourth-order valence-corrected chi connectivity index (χ4v) is 3.97. The van der Waals surface area contributed by atoms with Crippen molar-refractivity contribution in [2.24, 2.45) is 0 Å². The van der Waals surface area contributed by atoms with Gasteiger partial charge in [0, 0.05) is 17.3 Å². The van der Waals surface area contributed by atoms with Crippen LogP contribution in [0.15, 0.2) is 35.1 Å². The number of rotatable bonds is 4. The zero-order valence-corrected chi connectivity index (χ0v) is 14.7. The lowest BCUT2D eigenvalue weighted by Gasteiger charge is -2.26. The summed E-state index contributed by atoms with van der Waals surface area (Å²) in [5.74, 6) is 0.299. The topological polar surface area (TPSA) is 64.3 Å². The van der Waals surface area contributed by atoms with Crippen LogP contribution in [0, 0.1) is 0 Å². The zero-order valence-electron chi connectivity index (χ0n) is 13.1. The molecule has 0 bridgehead atoms. The molecule has 23 heavy (non-hydrogen) atoms. The fourth-order valence-electron chi connectivity index (χ4n) is 3.45. The summed E-state index contributed by atoms with van der Waals surface area (Å²) in [6.07, 6.45) is 1.05. The Bertz CT molecular complexity index is 775. The number of methoxy groups -OCH3 is 1. The number of fused-ring (bicyclic) bond motifs is 1. The molecule has 0 aliphatic carbocycles. The first-order chi connectivity index (χ1) is 11.1. The lowest BCUT2D eigenvalue weighted by atomic mass is 9.86. The highest BCUT2D eigenvalue weighted by molar-refractivity contribution is 9.09. The Morgan fingerprint density at radius 1 is 1.43 bits per heavy atom. The second-order valence-electron chi connectivity index (χ2n) is 5.69. The van der Waals surface area contributed by atoms with E-state index in [-0.39, 0.29) is 11.7 Å². The number of halogens is 1. The highest BCUT2D eigenvalue weighted by Gasteiger charge is 2.46. The molecule has 1 aromatic heterocycles. The number of benzene rings is 1. The normalized spacial score (nSPS) is 22.9. The summed E-state index contributed by atoms with van der Waals surface area (Å²) in [6, 6.07) is 9.31. The average Bonchev–Trinajstić information content (AvgIpc) is 2.90. The summed E-state index contributed by atoms with van der Waals surface area (Å²) in [4.78, 5) is 16.5. The summed E-state index contributed by atoms with van der Waals surface area (Å²) >= 11 is 3.46. The van der Waals surface area contributed by atoms with E-state index >= 15 is 0 Å². The van der Waals surface area contributed by atoms with E-state index in [1.54, 1.807) is 4.57 Å². The van der Waals surface area contributed by atoms with E-state index in [1.807, 2.05) is 37.3 Å². The van der Waals surface area contributed by atoms with Gasteiger partial charge < -0.3 is 9.84 Å². The maximum atomic E-state index is 12.5. The van der Waals surface area contributed by atoms with E-state index in [9.17, 15) is 9.90 Å². The summed E-state index contributed by atoms with van der Waals surface area (Å²) in [5, 5.41) is 12.1. The van der Waals surface area contributed by atoms with Crippen LogP contribution in [0.4, 0.5) is 0 Å². The van der Waals surface area contributed by atoms with Crippen LogP contribution in [0.2, 0.25) is 0 Å². The number of hydrogen-bond acceptors (Lipinski definition) is 4. The molecule has 0 saturated heterocycles. The van der Waals surface area contributed by atoms with Crippen molar-refractivity contribution in [2.75, 3.05) is 12.4 Å². The Kier molecular flexibility index (Phi) is 4.29. The standard InChI is InChI=1S/C17H19BrN2O3/c1-3-13-14-17(22,11-7-5-4-6-8-11)9-12(10-18)20(14)16(21)19-15(13)23-2/h4-8,12,22H,3,9-10H2,1-2H3/t12-,17+/m1/s1. The minimum absolute atomic E-state index is 0.147. The van der Waals surface area contributed by atoms with Crippen molar-refractivity contribution in [1.82, 2.24) is 9.55 Å². The van der Waals surface area contributed by atoms with E-state index in [0.717, 1.165) is 11.1 Å². The Morgan fingerprint density at radius 3 is 2.70 bits per heavy atom. The molecular weight excluding hydrogens is 360 g/mol. The molecule has 0 fully saturated rings. The molecule has 2 aromatic rings. The van der Waals surface area contributed by atoms with Gasteiger partial charge in [0.25, 0.3) is 0 Å². The number of nitrogens with zero attached hydrogens (tertiary/aromatic N) is 2. The van der Waals surface area contributed by atoms with Crippen LogP contribution in [0.1, 0.15) is 36.2 Å². The van der Waals surface area contributed by atoms with Gasteiger partial charge in [0.05, 0.1) is 18.8 Å². The Hall–Kier alpha value is -1.66. The highest BCUT2D eigenvalue weighted by atomic mass is 79.9. The van der Waals surface area contributed by atoms with E-state index in [2.05, 4.69) is 20.9 Å². The smallest absolute Gasteiger partial charge is 0.351 e. The molecule has 3 rings (SSSR count). The van der Waals surface area contributed by atoms with Gasteiger partial charge in [-0.15, -0.1) is 0 Å². The molecule has 0 unspecified atom stereocenters. The molecule has 5 nitrogen and oxygen atoms in total.